The first-order valence-corrected chi connectivity index (χ1v) is 4.76. The third-order valence-corrected chi connectivity index (χ3v) is 2.21. The summed E-state index contributed by atoms with van der Waals surface area (Å²) in [6.45, 7) is 4.06. The van der Waals surface area contributed by atoms with Crippen LogP contribution in [0.1, 0.15) is 19.4 Å². The Morgan fingerprint density at radius 3 is 2.93 bits per heavy atom. The lowest BCUT2D eigenvalue weighted by molar-refractivity contribution is 0.518. The molecule has 3 nitrogen and oxygen atoms in total. The molecule has 2 rings (SSSR count). The summed E-state index contributed by atoms with van der Waals surface area (Å²) in [5.41, 5.74) is 8.14. The normalized spacial score (nSPS) is 12.2. The molecule has 1 aromatic heterocycles. The van der Waals surface area contributed by atoms with E-state index in [9.17, 15) is 0 Å². The van der Waals surface area contributed by atoms with Gasteiger partial charge in [0, 0.05) is 10.9 Å². The molecule has 0 spiro atoms. The van der Waals surface area contributed by atoms with Gasteiger partial charge in [0.05, 0.1) is 11.7 Å². The Bertz CT molecular complexity index is 437. The third kappa shape index (κ3) is 1.77. The van der Waals surface area contributed by atoms with Gasteiger partial charge in [0.1, 0.15) is 0 Å². The van der Waals surface area contributed by atoms with Crippen molar-refractivity contribution in [3.8, 4) is 0 Å². The van der Waals surface area contributed by atoms with E-state index in [0.717, 1.165) is 17.3 Å². The molecular weight excluding hydrogens is 174 g/mol. The second kappa shape index (κ2) is 3.10. The molecule has 2 aromatic rings. The van der Waals surface area contributed by atoms with E-state index in [1.54, 1.807) is 0 Å². The van der Waals surface area contributed by atoms with Gasteiger partial charge in [0.15, 0.2) is 0 Å². The summed E-state index contributed by atoms with van der Waals surface area (Å²) in [6.07, 6.45) is 2.69. The molecule has 0 unspecified atom stereocenters. The lowest BCUT2D eigenvalue weighted by Crippen LogP contribution is -2.34. The van der Waals surface area contributed by atoms with Crippen LogP contribution in [0, 0.1) is 0 Å². The van der Waals surface area contributed by atoms with Crippen LogP contribution in [-0.2, 0) is 6.42 Å². The van der Waals surface area contributed by atoms with Crippen molar-refractivity contribution in [2.24, 2.45) is 5.73 Å². The van der Waals surface area contributed by atoms with E-state index in [4.69, 9.17) is 5.73 Å². The molecular formula is C11H15N3. The summed E-state index contributed by atoms with van der Waals surface area (Å²) in [6, 6.07) is 6.18. The second-order valence-electron chi connectivity index (χ2n) is 4.42. The Labute approximate surface area is 83.3 Å². The first kappa shape index (κ1) is 9.21. The largest absolute Gasteiger partial charge is 0.325 e. The molecule has 0 aliphatic carbocycles. The van der Waals surface area contributed by atoms with Gasteiger partial charge < -0.3 is 5.73 Å². The van der Waals surface area contributed by atoms with Gasteiger partial charge in [0.2, 0.25) is 0 Å². The fraction of sp³-hybridized carbons (Fsp3) is 0.364. The Morgan fingerprint density at radius 1 is 1.43 bits per heavy atom. The van der Waals surface area contributed by atoms with E-state index in [1.165, 1.54) is 5.56 Å². The number of H-pyrrole nitrogens is 1. The van der Waals surface area contributed by atoms with Crippen LogP contribution in [0.4, 0.5) is 0 Å². The topological polar surface area (TPSA) is 54.7 Å². The zero-order valence-corrected chi connectivity index (χ0v) is 8.54. The van der Waals surface area contributed by atoms with Gasteiger partial charge in [-0.2, -0.15) is 5.10 Å². The van der Waals surface area contributed by atoms with Crippen molar-refractivity contribution >= 4 is 10.9 Å². The van der Waals surface area contributed by atoms with Gasteiger partial charge in [-0.3, -0.25) is 5.10 Å². The van der Waals surface area contributed by atoms with Crippen molar-refractivity contribution in [1.29, 1.82) is 0 Å². The number of hydrogen-bond donors (Lipinski definition) is 2. The number of aromatic nitrogens is 2. The number of nitrogens with zero attached hydrogens (tertiary/aromatic N) is 1. The number of nitrogens with two attached hydrogens (primary N) is 1. The summed E-state index contributed by atoms with van der Waals surface area (Å²) in [5, 5.41) is 8.18. The van der Waals surface area contributed by atoms with Crippen LogP contribution < -0.4 is 5.73 Å². The van der Waals surface area contributed by atoms with Crippen molar-refractivity contribution in [3.63, 3.8) is 0 Å². The average Bonchev–Trinajstić information content (AvgIpc) is 2.49. The number of benzene rings is 1. The van der Waals surface area contributed by atoms with Crippen LogP contribution in [-0.4, -0.2) is 15.7 Å². The van der Waals surface area contributed by atoms with Gasteiger partial charge >= 0.3 is 0 Å². The molecule has 0 saturated carbocycles. The second-order valence-corrected chi connectivity index (χ2v) is 4.42. The zero-order chi connectivity index (χ0) is 10.2. The fourth-order valence-electron chi connectivity index (χ4n) is 1.67. The SMILES string of the molecule is CC(C)(N)Cc1cccc2cn[nH]c12. The molecule has 0 atom stereocenters. The lowest BCUT2D eigenvalue weighted by atomic mass is 9.95. The highest BCUT2D eigenvalue weighted by Crippen LogP contribution is 2.19. The quantitative estimate of drug-likeness (QED) is 0.757. The predicted molar refractivity (Wildman–Crippen MR) is 58.1 cm³/mol. The number of para-hydroxylation sites is 1. The average molecular weight is 189 g/mol. The van der Waals surface area contributed by atoms with Gasteiger partial charge in [-0.1, -0.05) is 18.2 Å². The molecule has 0 saturated heterocycles. The standard InChI is InChI=1S/C11H15N3/c1-11(2,12)6-8-4-3-5-9-7-13-14-10(8)9/h3-5,7H,6,12H2,1-2H3,(H,13,14). The molecule has 0 amide bonds. The van der Waals surface area contributed by atoms with E-state index < -0.39 is 0 Å². The molecule has 0 bridgehead atoms. The molecule has 3 N–H and O–H groups in total. The Hall–Kier alpha value is -1.35. The van der Waals surface area contributed by atoms with E-state index in [0.29, 0.717) is 0 Å². The summed E-state index contributed by atoms with van der Waals surface area (Å²) in [5.74, 6) is 0. The minimum Gasteiger partial charge on any atom is -0.325 e. The van der Waals surface area contributed by atoms with Gasteiger partial charge in [-0.25, -0.2) is 0 Å². The zero-order valence-electron chi connectivity index (χ0n) is 8.54. The van der Waals surface area contributed by atoms with E-state index in [2.05, 4.69) is 16.3 Å². The van der Waals surface area contributed by atoms with Gasteiger partial charge in [-0.05, 0) is 25.8 Å². The predicted octanol–water partition coefficient (Wildman–Crippen LogP) is 1.84. The number of fused-ring (bicyclic) bond motifs is 1. The third-order valence-electron chi connectivity index (χ3n) is 2.21. The summed E-state index contributed by atoms with van der Waals surface area (Å²) < 4.78 is 0. The van der Waals surface area contributed by atoms with Crippen molar-refractivity contribution in [2.45, 2.75) is 25.8 Å². The van der Waals surface area contributed by atoms with E-state index >= 15 is 0 Å². The van der Waals surface area contributed by atoms with Crippen molar-refractivity contribution in [3.05, 3.63) is 30.0 Å². The smallest absolute Gasteiger partial charge is 0.0682 e. The minimum absolute atomic E-state index is 0.181. The molecule has 14 heavy (non-hydrogen) atoms. The highest BCUT2D eigenvalue weighted by molar-refractivity contribution is 5.81. The molecule has 3 heteroatoms. The number of nitrogens with one attached hydrogen (secondary N) is 1. The van der Waals surface area contributed by atoms with Crippen LogP contribution in [0.15, 0.2) is 24.4 Å². The summed E-state index contributed by atoms with van der Waals surface area (Å²) >= 11 is 0. The van der Waals surface area contributed by atoms with Crippen molar-refractivity contribution in [1.82, 2.24) is 10.2 Å². The number of rotatable bonds is 2. The molecule has 0 aliphatic heterocycles. The molecule has 1 aromatic carbocycles. The van der Waals surface area contributed by atoms with E-state index in [-0.39, 0.29) is 5.54 Å². The van der Waals surface area contributed by atoms with Crippen LogP contribution in [0.25, 0.3) is 10.9 Å². The molecule has 74 valence electrons. The maximum absolute atomic E-state index is 5.99. The highest BCUT2D eigenvalue weighted by atomic mass is 15.1. The first-order chi connectivity index (χ1) is 6.56. The molecule has 0 aliphatic rings. The maximum atomic E-state index is 5.99. The van der Waals surface area contributed by atoms with Crippen LogP contribution in [0.2, 0.25) is 0 Å². The minimum atomic E-state index is -0.181. The summed E-state index contributed by atoms with van der Waals surface area (Å²) in [4.78, 5) is 0. The Morgan fingerprint density at radius 2 is 2.21 bits per heavy atom. The number of aromatic amines is 1. The fourth-order valence-corrected chi connectivity index (χ4v) is 1.67. The first-order valence-electron chi connectivity index (χ1n) is 4.76. The van der Waals surface area contributed by atoms with Crippen molar-refractivity contribution in [2.75, 3.05) is 0 Å². The van der Waals surface area contributed by atoms with Gasteiger partial charge in [0.25, 0.3) is 0 Å². The molecule has 0 fully saturated rings. The molecule has 0 radical (unpaired) electrons. The Balaban J connectivity index is 2.46. The van der Waals surface area contributed by atoms with Crippen molar-refractivity contribution < 1.29 is 0 Å². The maximum Gasteiger partial charge on any atom is 0.0682 e. The van der Waals surface area contributed by atoms with E-state index in [1.807, 2.05) is 32.2 Å². The van der Waals surface area contributed by atoms with Crippen LogP contribution >= 0.6 is 0 Å². The number of hydrogen-bond acceptors (Lipinski definition) is 2. The monoisotopic (exact) mass is 189 g/mol. The lowest BCUT2D eigenvalue weighted by Gasteiger charge is -2.18. The Kier molecular flexibility index (Phi) is 2.04. The summed E-state index contributed by atoms with van der Waals surface area (Å²) in [7, 11) is 0. The van der Waals surface area contributed by atoms with Crippen LogP contribution in [0.5, 0.6) is 0 Å². The highest BCUT2D eigenvalue weighted by Gasteiger charge is 2.13. The molecule has 1 heterocycles. The van der Waals surface area contributed by atoms with Crippen LogP contribution in [0.3, 0.4) is 0 Å². The van der Waals surface area contributed by atoms with Gasteiger partial charge in [-0.15, -0.1) is 0 Å².